The lowest BCUT2D eigenvalue weighted by Crippen LogP contribution is -2.47. The number of hydrogen-bond donors (Lipinski definition) is 0. The zero-order valence-electron chi connectivity index (χ0n) is 14.5. The van der Waals surface area contributed by atoms with E-state index in [0.717, 1.165) is 58.8 Å². The fourth-order valence-corrected chi connectivity index (χ4v) is 3.93. The summed E-state index contributed by atoms with van der Waals surface area (Å²) in [5, 5.41) is 2.99. The van der Waals surface area contributed by atoms with Crippen molar-refractivity contribution < 1.29 is 4.79 Å². The molecule has 2 aromatic heterocycles. The number of nitrogens with zero attached hydrogens (tertiary/aromatic N) is 3. The third-order valence-electron chi connectivity index (χ3n) is 4.76. The van der Waals surface area contributed by atoms with Gasteiger partial charge in [-0.2, -0.15) is 0 Å². The maximum absolute atomic E-state index is 13.2. The van der Waals surface area contributed by atoms with E-state index >= 15 is 0 Å². The van der Waals surface area contributed by atoms with Crippen LogP contribution in [0.25, 0.3) is 21.5 Å². The number of aromatic nitrogens is 1. The van der Waals surface area contributed by atoms with Crippen molar-refractivity contribution in [3.05, 3.63) is 52.9 Å². The monoisotopic (exact) mass is 351 g/mol. The molecule has 1 aromatic carbocycles. The summed E-state index contributed by atoms with van der Waals surface area (Å²) in [5.74, 6) is 0.115. The van der Waals surface area contributed by atoms with Gasteiger partial charge in [0.05, 0.1) is 21.7 Å². The second-order valence-corrected chi connectivity index (χ2v) is 7.60. The maximum Gasteiger partial charge on any atom is 0.254 e. The molecule has 0 bridgehead atoms. The highest BCUT2D eigenvalue weighted by Crippen LogP contribution is 2.29. The molecule has 0 saturated carbocycles. The minimum Gasteiger partial charge on any atom is -0.336 e. The van der Waals surface area contributed by atoms with Crippen LogP contribution in [0.2, 0.25) is 0 Å². The van der Waals surface area contributed by atoms with E-state index in [4.69, 9.17) is 4.98 Å². The number of fused-ring (bicyclic) bond motifs is 1. The number of carbonyl (C=O) groups excluding carboxylic acids is 1. The first-order valence-corrected chi connectivity index (χ1v) is 9.43. The van der Waals surface area contributed by atoms with Crippen molar-refractivity contribution in [2.45, 2.75) is 6.92 Å². The van der Waals surface area contributed by atoms with Gasteiger partial charge in [-0.1, -0.05) is 17.7 Å². The molecule has 0 N–H and O–H groups in total. The number of likely N-dealkylation sites (N-methyl/N-ethyl adjacent to an activating group) is 1. The summed E-state index contributed by atoms with van der Waals surface area (Å²) in [7, 11) is 2.10. The molecule has 4 nitrogen and oxygen atoms in total. The highest BCUT2D eigenvalue weighted by Gasteiger charge is 2.23. The summed E-state index contributed by atoms with van der Waals surface area (Å²) in [5.41, 5.74) is 3.67. The Morgan fingerprint density at radius 3 is 2.64 bits per heavy atom. The van der Waals surface area contributed by atoms with E-state index < -0.39 is 0 Å². The zero-order chi connectivity index (χ0) is 17.4. The fourth-order valence-electron chi connectivity index (χ4n) is 3.25. The Labute approximate surface area is 151 Å². The van der Waals surface area contributed by atoms with Crippen LogP contribution in [-0.4, -0.2) is 53.9 Å². The molecule has 1 saturated heterocycles. The SMILES string of the molecule is Cc1ccc2nc(-c3cccs3)cc(C(=O)N3CCN(C)CC3)c2c1. The van der Waals surface area contributed by atoms with Crippen LogP contribution in [0.4, 0.5) is 0 Å². The van der Waals surface area contributed by atoms with Gasteiger partial charge in [-0.15, -0.1) is 11.3 Å². The number of benzene rings is 1. The zero-order valence-corrected chi connectivity index (χ0v) is 15.3. The number of pyridine rings is 1. The van der Waals surface area contributed by atoms with Crippen LogP contribution in [0.15, 0.2) is 41.8 Å². The summed E-state index contributed by atoms with van der Waals surface area (Å²) < 4.78 is 0. The molecule has 3 aromatic rings. The van der Waals surface area contributed by atoms with E-state index in [-0.39, 0.29) is 5.91 Å². The van der Waals surface area contributed by atoms with Crippen molar-refractivity contribution in [1.82, 2.24) is 14.8 Å². The number of hydrogen-bond acceptors (Lipinski definition) is 4. The van der Waals surface area contributed by atoms with E-state index in [1.165, 1.54) is 0 Å². The number of thiophene rings is 1. The van der Waals surface area contributed by atoms with Crippen molar-refractivity contribution in [1.29, 1.82) is 0 Å². The molecular weight excluding hydrogens is 330 g/mol. The minimum atomic E-state index is 0.115. The Morgan fingerprint density at radius 1 is 1.12 bits per heavy atom. The molecule has 0 atom stereocenters. The quantitative estimate of drug-likeness (QED) is 0.707. The molecule has 1 amide bonds. The topological polar surface area (TPSA) is 36.4 Å². The van der Waals surface area contributed by atoms with E-state index in [2.05, 4.69) is 37.1 Å². The molecule has 1 aliphatic rings. The average Bonchev–Trinajstić information content (AvgIpc) is 3.15. The highest BCUT2D eigenvalue weighted by atomic mass is 32.1. The molecule has 0 unspecified atom stereocenters. The number of rotatable bonds is 2. The summed E-state index contributed by atoms with van der Waals surface area (Å²) in [6, 6.07) is 12.2. The second-order valence-electron chi connectivity index (χ2n) is 6.65. The van der Waals surface area contributed by atoms with Crippen molar-refractivity contribution in [3.8, 4) is 10.6 Å². The Hall–Kier alpha value is -2.24. The van der Waals surface area contributed by atoms with Gasteiger partial charge in [0.25, 0.3) is 5.91 Å². The Kier molecular flexibility index (Phi) is 4.27. The van der Waals surface area contributed by atoms with Gasteiger partial charge >= 0.3 is 0 Å². The molecule has 5 heteroatoms. The van der Waals surface area contributed by atoms with Crippen molar-refractivity contribution in [2.24, 2.45) is 0 Å². The van der Waals surface area contributed by atoms with Gasteiger partial charge in [0, 0.05) is 31.6 Å². The lowest BCUT2D eigenvalue weighted by atomic mass is 10.0. The Balaban J connectivity index is 1.82. The van der Waals surface area contributed by atoms with Gasteiger partial charge in [-0.05, 0) is 43.6 Å². The summed E-state index contributed by atoms with van der Waals surface area (Å²) in [6.45, 7) is 5.45. The molecular formula is C20H21N3OS. The third-order valence-corrected chi connectivity index (χ3v) is 5.65. The largest absolute Gasteiger partial charge is 0.336 e. The number of carbonyl (C=O) groups is 1. The Bertz CT molecular complexity index is 912. The fraction of sp³-hybridized carbons (Fsp3) is 0.300. The lowest BCUT2D eigenvalue weighted by molar-refractivity contribution is 0.0666. The molecule has 1 fully saturated rings. The standard InChI is InChI=1S/C20H21N3OS/c1-14-5-6-17-15(12-14)16(13-18(21-17)19-4-3-11-25-19)20(24)23-9-7-22(2)8-10-23/h3-6,11-13H,7-10H2,1-2H3. The summed E-state index contributed by atoms with van der Waals surface area (Å²) in [4.78, 5) is 23.3. The number of piperazine rings is 1. The van der Waals surface area contributed by atoms with Gasteiger partial charge in [-0.3, -0.25) is 4.79 Å². The van der Waals surface area contributed by atoms with Gasteiger partial charge < -0.3 is 9.80 Å². The van der Waals surface area contributed by atoms with Crippen LogP contribution in [-0.2, 0) is 0 Å². The van der Waals surface area contributed by atoms with Crippen LogP contribution in [0.1, 0.15) is 15.9 Å². The van der Waals surface area contributed by atoms with Gasteiger partial charge in [-0.25, -0.2) is 4.98 Å². The van der Waals surface area contributed by atoms with Crippen molar-refractivity contribution in [2.75, 3.05) is 33.2 Å². The maximum atomic E-state index is 13.2. The van der Waals surface area contributed by atoms with E-state index in [0.29, 0.717) is 0 Å². The molecule has 1 aliphatic heterocycles. The van der Waals surface area contributed by atoms with E-state index in [1.54, 1.807) is 11.3 Å². The van der Waals surface area contributed by atoms with Crippen LogP contribution in [0.3, 0.4) is 0 Å². The first-order chi connectivity index (χ1) is 12.1. The first kappa shape index (κ1) is 16.2. The van der Waals surface area contributed by atoms with Gasteiger partial charge in [0.2, 0.25) is 0 Å². The molecule has 25 heavy (non-hydrogen) atoms. The molecule has 3 heterocycles. The second kappa shape index (κ2) is 6.58. The Morgan fingerprint density at radius 2 is 1.92 bits per heavy atom. The number of aryl methyl sites for hydroxylation is 1. The predicted octanol–water partition coefficient (Wildman–Crippen LogP) is 3.66. The predicted molar refractivity (Wildman–Crippen MR) is 103 cm³/mol. The van der Waals surface area contributed by atoms with Crippen LogP contribution in [0, 0.1) is 6.92 Å². The van der Waals surface area contributed by atoms with Gasteiger partial charge in [0.15, 0.2) is 0 Å². The summed E-state index contributed by atoms with van der Waals surface area (Å²) >= 11 is 1.65. The lowest BCUT2D eigenvalue weighted by Gasteiger charge is -2.32. The van der Waals surface area contributed by atoms with Gasteiger partial charge in [0.1, 0.15) is 0 Å². The minimum absolute atomic E-state index is 0.115. The van der Waals surface area contributed by atoms with Crippen molar-refractivity contribution in [3.63, 3.8) is 0 Å². The smallest absolute Gasteiger partial charge is 0.254 e. The molecule has 0 radical (unpaired) electrons. The molecule has 0 aliphatic carbocycles. The van der Waals surface area contributed by atoms with Crippen LogP contribution >= 0.6 is 11.3 Å². The third kappa shape index (κ3) is 3.17. The highest BCUT2D eigenvalue weighted by molar-refractivity contribution is 7.13. The average molecular weight is 351 g/mol. The molecule has 128 valence electrons. The van der Waals surface area contributed by atoms with Crippen LogP contribution < -0.4 is 0 Å². The van der Waals surface area contributed by atoms with Crippen molar-refractivity contribution >= 4 is 28.1 Å². The van der Waals surface area contributed by atoms with Crippen LogP contribution in [0.5, 0.6) is 0 Å². The molecule has 0 spiro atoms. The van der Waals surface area contributed by atoms with E-state index in [9.17, 15) is 4.79 Å². The first-order valence-electron chi connectivity index (χ1n) is 8.55. The number of amides is 1. The molecule has 4 rings (SSSR count). The van der Waals surface area contributed by atoms with E-state index in [1.807, 2.05) is 28.5 Å². The summed E-state index contributed by atoms with van der Waals surface area (Å²) in [6.07, 6.45) is 0. The normalized spacial score (nSPS) is 15.7.